The van der Waals surface area contributed by atoms with Crippen LogP contribution in [-0.4, -0.2) is 40.1 Å². The summed E-state index contributed by atoms with van der Waals surface area (Å²) in [7, 11) is 1.56. The minimum absolute atomic E-state index is 0.0303. The van der Waals surface area contributed by atoms with Gasteiger partial charge in [0.15, 0.2) is 0 Å². The summed E-state index contributed by atoms with van der Waals surface area (Å²) in [6.45, 7) is 4.21. The predicted octanol–water partition coefficient (Wildman–Crippen LogP) is 2.42. The van der Waals surface area contributed by atoms with E-state index in [0.29, 0.717) is 25.8 Å². The number of amides is 1. The van der Waals surface area contributed by atoms with Gasteiger partial charge in [0.05, 0.1) is 23.6 Å². The van der Waals surface area contributed by atoms with E-state index in [1.807, 2.05) is 13.8 Å². The number of aliphatic hydroxyl groups excluding tert-OH is 1. The van der Waals surface area contributed by atoms with Gasteiger partial charge in [-0.3, -0.25) is 4.79 Å². The summed E-state index contributed by atoms with van der Waals surface area (Å²) >= 11 is 0. The van der Waals surface area contributed by atoms with Crippen LogP contribution in [0.2, 0.25) is 0 Å². The number of hydrogen-bond acceptors (Lipinski definition) is 4. The minimum Gasteiger partial charge on any atom is -0.390 e. The zero-order valence-electron chi connectivity index (χ0n) is 15.9. The molecule has 0 unspecified atom stereocenters. The number of rotatable bonds is 5. The number of nitrogens with one attached hydrogen (secondary N) is 1. The van der Waals surface area contributed by atoms with E-state index in [-0.39, 0.29) is 23.7 Å². The molecule has 1 aliphatic rings. The van der Waals surface area contributed by atoms with Crippen molar-refractivity contribution in [2.24, 2.45) is 5.92 Å². The van der Waals surface area contributed by atoms with Gasteiger partial charge in [-0.05, 0) is 57.4 Å². The lowest BCUT2D eigenvalue weighted by atomic mass is 9.84. The Labute approximate surface area is 158 Å². The van der Waals surface area contributed by atoms with Gasteiger partial charge in [0.1, 0.15) is 5.82 Å². The van der Waals surface area contributed by atoms with E-state index in [2.05, 4.69) is 10.4 Å². The van der Waals surface area contributed by atoms with Crippen LogP contribution in [0.15, 0.2) is 24.3 Å². The Kier molecular flexibility index (Phi) is 5.92. The molecule has 1 aromatic heterocycles. The molecule has 7 heteroatoms. The first-order valence-electron chi connectivity index (χ1n) is 9.20. The molecule has 3 atom stereocenters. The molecule has 0 bridgehead atoms. The van der Waals surface area contributed by atoms with Crippen molar-refractivity contribution in [1.82, 2.24) is 15.1 Å². The molecule has 146 valence electrons. The normalized spacial score (nSPS) is 22.6. The number of aliphatic hydroxyl groups is 1. The summed E-state index contributed by atoms with van der Waals surface area (Å²) in [5.41, 5.74) is 3.46. The molecule has 1 amide bonds. The molecule has 1 fully saturated rings. The second kappa shape index (κ2) is 8.19. The number of nitrogens with zero attached hydrogens (tertiary/aromatic N) is 2. The molecule has 0 radical (unpaired) electrons. The fourth-order valence-corrected chi connectivity index (χ4v) is 3.69. The van der Waals surface area contributed by atoms with Crippen molar-refractivity contribution < 1.29 is 19.0 Å². The van der Waals surface area contributed by atoms with E-state index in [4.69, 9.17) is 4.74 Å². The van der Waals surface area contributed by atoms with Crippen LogP contribution in [0.3, 0.4) is 0 Å². The summed E-state index contributed by atoms with van der Waals surface area (Å²) < 4.78 is 20.2. The van der Waals surface area contributed by atoms with Gasteiger partial charge in [-0.15, -0.1) is 0 Å². The third-order valence-corrected chi connectivity index (χ3v) is 5.38. The molecule has 1 saturated carbocycles. The van der Waals surface area contributed by atoms with Gasteiger partial charge in [0, 0.05) is 30.8 Å². The molecule has 2 aromatic rings. The first-order chi connectivity index (χ1) is 12.9. The molecule has 0 saturated heterocycles. The van der Waals surface area contributed by atoms with Crippen LogP contribution >= 0.6 is 0 Å². The Hall–Kier alpha value is -2.25. The van der Waals surface area contributed by atoms with Crippen molar-refractivity contribution in [3.05, 3.63) is 47.0 Å². The van der Waals surface area contributed by atoms with Crippen molar-refractivity contribution in [3.63, 3.8) is 0 Å². The second-order valence-electron chi connectivity index (χ2n) is 7.11. The van der Waals surface area contributed by atoms with E-state index < -0.39 is 6.10 Å². The Morgan fingerprint density at radius 3 is 2.70 bits per heavy atom. The number of methoxy groups -OCH3 is 1. The molecule has 3 rings (SSSR count). The van der Waals surface area contributed by atoms with Gasteiger partial charge in [-0.2, -0.15) is 5.10 Å². The van der Waals surface area contributed by atoms with E-state index >= 15 is 0 Å². The monoisotopic (exact) mass is 375 g/mol. The highest BCUT2D eigenvalue weighted by molar-refractivity contribution is 5.78. The highest BCUT2D eigenvalue weighted by Crippen LogP contribution is 2.27. The predicted molar refractivity (Wildman–Crippen MR) is 99.0 cm³/mol. The number of ether oxygens (including phenoxy) is 1. The van der Waals surface area contributed by atoms with Gasteiger partial charge in [0.2, 0.25) is 5.91 Å². The summed E-state index contributed by atoms with van der Waals surface area (Å²) in [5.74, 6) is -0.483. The number of carbonyl (C=O) groups excluding carboxylic acids is 1. The smallest absolute Gasteiger partial charge is 0.223 e. The Balaban J connectivity index is 1.68. The van der Waals surface area contributed by atoms with Gasteiger partial charge in [0.25, 0.3) is 0 Å². The van der Waals surface area contributed by atoms with Gasteiger partial charge in [-0.1, -0.05) is 0 Å². The van der Waals surface area contributed by atoms with Crippen LogP contribution in [0.5, 0.6) is 0 Å². The van der Waals surface area contributed by atoms with Crippen molar-refractivity contribution in [3.8, 4) is 5.69 Å². The largest absolute Gasteiger partial charge is 0.390 e. The zero-order valence-corrected chi connectivity index (χ0v) is 15.9. The highest BCUT2D eigenvalue weighted by atomic mass is 19.1. The topological polar surface area (TPSA) is 76.4 Å². The fraction of sp³-hybridized carbons (Fsp3) is 0.500. The SMILES string of the molecule is CO[C@@H]1C[C@H](C(=O)NCc2c(C)nn(-c3ccc(F)cc3)c2C)CC[C@@H]1O. The number of carbonyl (C=O) groups is 1. The lowest BCUT2D eigenvalue weighted by Crippen LogP contribution is -2.41. The maximum absolute atomic E-state index is 13.1. The zero-order chi connectivity index (χ0) is 19.6. The van der Waals surface area contributed by atoms with Crippen LogP contribution in [0.4, 0.5) is 4.39 Å². The lowest BCUT2D eigenvalue weighted by molar-refractivity contribution is -0.130. The van der Waals surface area contributed by atoms with Crippen LogP contribution in [-0.2, 0) is 16.1 Å². The molecule has 0 spiro atoms. The van der Waals surface area contributed by atoms with Gasteiger partial charge in [-0.25, -0.2) is 9.07 Å². The fourth-order valence-electron chi connectivity index (χ4n) is 3.69. The number of aromatic nitrogens is 2. The molecule has 2 N–H and O–H groups in total. The summed E-state index contributed by atoms with van der Waals surface area (Å²) in [4.78, 5) is 12.6. The molecular formula is C20H26FN3O3. The first-order valence-corrected chi connectivity index (χ1v) is 9.20. The van der Waals surface area contributed by atoms with Crippen LogP contribution in [0.25, 0.3) is 5.69 Å². The average Bonchev–Trinajstić information content (AvgIpc) is 2.94. The van der Waals surface area contributed by atoms with Crippen LogP contribution in [0.1, 0.15) is 36.2 Å². The van der Waals surface area contributed by atoms with Crippen LogP contribution < -0.4 is 5.32 Å². The van der Waals surface area contributed by atoms with Crippen LogP contribution in [0, 0.1) is 25.6 Å². The highest BCUT2D eigenvalue weighted by Gasteiger charge is 2.33. The quantitative estimate of drug-likeness (QED) is 0.842. The van der Waals surface area contributed by atoms with Crippen molar-refractivity contribution in [2.45, 2.75) is 51.9 Å². The van der Waals surface area contributed by atoms with Crippen molar-refractivity contribution in [1.29, 1.82) is 0 Å². The average molecular weight is 375 g/mol. The number of aryl methyl sites for hydroxylation is 1. The number of benzene rings is 1. The summed E-state index contributed by atoms with van der Waals surface area (Å²) in [6.07, 6.45) is 0.948. The third kappa shape index (κ3) is 4.20. The van der Waals surface area contributed by atoms with Crippen molar-refractivity contribution in [2.75, 3.05) is 7.11 Å². The molecule has 0 aliphatic heterocycles. The summed E-state index contributed by atoms with van der Waals surface area (Å²) in [5, 5.41) is 17.4. The molecule has 1 aliphatic carbocycles. The second-order valence-corrected chi connectivity index (χ2v) is 7.11. The Morgan fingerprint density at radius 2 is 2.04 bits per heavy atom. The Bertz CT molecular complexity index is 804. The molecular weight excluding hydrogens is 349 g/mol. The van der Waals surface area contributed by atoms with E-state index in [1.165, 1.54) is 12.1 Å². The molecule has 1 aromatic carbocycles. The third-order valence-electron chi connectivity index (χ3n) is 5.38. The maximum Gasteiger partial charge on any atom is 0.223 e. The van der Waals surface area contributed by atoms with E-state index in [0.717, 1.165) is 22.6 Å². The lowest BCUT2D eigenvalue weighted by Gasteiger charge is -2.31. The number of hydrogen-bond donors (Lipinski definition) is 2. The summed E-state index contributed by atoms with van der Waals surface area (Å²) in [6, 6.07) is 6.15. The molecule has 1 heterocycles. The van der Waals surface area contributed by atoms with E-state index in [9.17, 15) is 14.3 Å². The van der Waals surface area contributed by atoms with Crippen molar-refractivity contribution >= 4 is 5.91 Å². The van der Waals surface area contributed by atoms with E-state index in [1.54, 1.807) is 23.9 Å². The minimum atomic E-state index is -0.502. The molecule has 6 nitrogen and oxygen atoms in total. The Morgan fingerprint density at radius 1 is 1.33 bits per heavy atom. The standard InChI is InChI=1S/C20H26FN3O3/c1-12-17(13(2)24(23-12)16-7-5-15(21)6-8-16)11-22-20(26)14-4-9-18(25)19(10-14)27-3/h5-8,14,18-19,25H,4,9-11H2,1-3H3,(H,22,26)/t14-,18+,19-/m1/s1. The first kappa shape index (κ1) is 19.5. The maximum atomic E-state index is 13.1. The molecule has 27 heavy (non-hydrogen) atoms. The number of halogens is 1. The van der Waals surface area contributed by atoms with Gasteiger partial charge >= 0.3 is 0 Å². The van der Waals surface area contributed by atoms with Gasteiger partial charge < -0.3 is 15.2 Å².